The Kier molecular flexibility index (Phi) is 5.70. The molecule has 0 aromatic heterocycles. The molecule has 1 aliphatic rings. The lowest BCUT2D eigenvalue weighted by Gasteiger charge is -2.17. The maximum atomic E-state index is 12.7. The van der Waals surface area contributed by atoms with Gasteiger partial charge in [-0.2, -0.15) is 5.26 Å². The van der Waals surface area contributed by atoms with Crippen molar-refractivity contribution in [2.45, 2.75) is 13.3 Å². The van der Waals surface area contributed by atoms with Crippen molar-refractivity contribution in [3.8, 4) is 6.07 Å². The van der Waals surface area contributed by atoms with Gasteiger partial charge in [0.1, 0.15) is 0 Å². The maximum absolute atomic E-state index is 12.7. The van der Waals surface area contributed by atoms with Gasteiger partial charge in [0.15, 0.2) is 0 Å². The summed E-state index contributed by atoms with van der Waals surface area (Å²) in [6, 6.07) is 15.3. The molecule has 2 amide bonds. The molecule has 0 radical (unpaired) electrons. The molecule has 7 nitrogen and oxygen atoms in total. The Balaban J connectivity index is 1.74. The minimum absolute atomic E-state index is 0.0597. The first-order valence-corrected chi connectivity index (χ1v) is 8.91. The van der Waals surface area contributed by atoms with Crippen molar-refractivity contribution >= 4 is 29.2 Å². The van der Waals surface area contributed by atoms with Gasteiger partial charge in [-0.15, -0.1) is 0 Å². The summed E-state index contributed by atoms with van der Waals surface area (Å²) in [4.78, 5) is 38.6. The van der Waals surface area contributed by atoms with Gasteiger partial charge in [0.25, 0.3) is 0 Å². The molecule has 1 unspecified atom stereocenters. The second-order valence-electron chi connectivity index (χ2n) is 6.32. The third kappa shape index (κ3) is 4.01. The number of carbonyl (C=O) groups is 3. The lowest BCUT2D eigenvalue weighted by atomic mass is 10.1. The Bertz CT molecular complexity index is 964. The molecule has 3 rings (SSSR count). The number of hydrogen-bond acceptors (Lipinski definition) is 5. The average molecular weight is 377 g/mol. The van der Waals surface area contributed by atoms with E-state index in [9.17, 15) is 14.4 Å². The quantitative estimate of drug-likeness (QED) is 0.808. The molecule has 1 N–H and O–H groups in total. The van der Waals surface area contributed by atoms with Crippen LogP contribution in [0.5, 0.6) is 0 Å². The van der Waals surface area contributed by atoms with Crippen LogP contribution in [0, 0.1) is 17.2 Å². The van der Waals surface area contributed by atoms with E-state index in [-0.39, 0.29) is 37.0 Å². The summed E-state index contributed by atoms with van der Waals surface area (Å²) >= 11 is 0. The summed E-state index contributed by atoms with van der Waals surface area (Å²) in [6.45, 7) is 2.15. The number of amides is 2. The zero-order valence-electron chi connectivity index (χ0n) is 15.3. The fourth-order valence-corrected chi connectivity index (χ4v) is 3.09. The highest BCUT2D eigenvalue weighted by Gasteiger charge is 2.35. The molecule has 0 saturated carbocycles. The summed E-state index contributed by atoms with van der Waals surface area (Å²) in [5, 5.41) is 11.8. The van der Waals surface area contributed by atoms with Crippen molar-refractivity contribution in [1.29, 1.82) is 5.26 Å². The van der Waals surface area contributed by atoms with E-state index >= 15 is 0 Å². The van der Waals surface area contributed by atoms with E-state index in [4.69, 9.17) is 10.00 Å². The Morgan fingerprint density at radius 3 is 2.79 bits per heavy atom. The SMILES string of the molecule is CCOC(=O)c1ccccc1NC(=O)C1CC(=O)N(c2cccc(C#N)c2)C1. The number of carbonyl (C=O) groups excluding carboxylic acids is 3. The maximum Gasteiger partial charge on any atom is 0.340 e. The molecule has 28 heavy (non-hydrogen) atoms. The second kappa shape index (κ2) is 8.35. The predicted octanol–water partition coefficient (Wildman–Crippen LogP) is 2.73. The molecular weight excluding hydrogens is 358 g/mol. The molecule has 1 saturated heterocycles. The highest BCUT2D eigenvalue weighted by Crippen LogP contribution is 2.27. The van der Waals surface area contributed by atoms with Crippen LogP contribution in [-0.2, 0) is 14.3 Å². The van der Waals surface area contributed by atoms with Gasteiger partial charge in [0.05, 0.1) is 35.4 Å². The molecule has 1 aliphatic heterocycles. The fraction of sp³-hybridized carbons (Fsp3) is 0.238. The summed E-state index contributed by atoms with van der Waals surface area (Å²) in [5.74, 6) is -1.61. The van der Waals surface area contributed by atoms with Crippen molar-refractivity contribution in [2.24, 2.45) is 5.92 Å². The highest BCUT2D eigenvalue weighted by atomic mass is 16.5. The van der Waals surface area contributed by atoms with Gasteiger partial charge in [-0.3, -0.25) is 9.59 Å². The first-order chi connectivity index (χ1) is 13.5. The third-order valence-electron chi connectivity index (χ3n) is 4.46. The number of nitrogens with zero attached hydrogens (tertiary/aromatic N) is 2. The molecule has 2 aromatic carbocycles. The van der Waals surface area contributed by atoms with Gasteiger partial charge in [-0.1, -0.05) is 18.2 Å². The standard InChI is InChI=1S/C21H19N3O4/c1-2-28-21(27)17-8-3-4-9-18(17)23-20(26)15-11-19(25)24(13-15)16-7-5-6-14(10-16)12-22/h3-10,15H,2,11,13H2,1H3,(H,23,26). The van der Waals surface area contributed by atoms with Crippen LogP contribution in [0.25, 0.3) is 0 Å². The van der Waals surface area contributed by atoms with Crippen molar-refractivity contribution in [3.63, 3.8) is 0 Å². The van der Waals surface area contributed by atoms with Crippen LogP contribution in [0.4, 0.5) is 11.4 Å². The van der Waals surface area contributed by atoms with Crippen LogP contribution < -0.4 is 10.2 Å². The average Bonchev–Trinajstić information content (AvgIpc) is 3.10. The third-order valence-corrected chi connectivity index (χ3v) is 4.46. The summed E-state index contributed by atoms with van der Waals surface area (Å²) < 4.78 is 5.01. The Morgan fingerprint density at radius 2 is 2.04 bits per heavy atom. The normalized spacial score (nSPS) is 15.8. The van der Waals surface area contributed by atoms with Crippen molar-refractivity contribution < 1.29 is 19.1 Å². The molecule has 1 heterocycles. The van der Waals surface area contributed by atoms with Crippen molar-refractivity contribution in [1.82, 2.24) is 0 Å². The number of benzene rings is 2. The fourth-order valence-electron chi connectivity index (χ4n) is 3.09. The molecule has 0 spiro atoms. The predicted molar refractivity (Wildman–Crippen MR) is 103 cm³/mol. The van der Waals surface area contributed by atoms with Gasteiger partial charge >= 0.3 is 5.97 Å². The zero-order chi connectivity index (χ0) is 20.1. The second-order valence-corrected chi connectivity index (χ2v) is 6.32. The topological polar surface area (TPSA) is 99.5 Å². The van der Waals surface area contributed by atoms with Crippen LogP contribution in [-0.4, -0.2) is 30.9 Å². The van der Waals surface area contributed by atoms with E-state index in [1.165, 1.54) is 4.90 Å². The molecule has 2 aromatic rings. The summed E-state index contributed by atoms with van der Waals surface area (Å²) in [7, 11) is 0. The largest absolute Gasteiger partial charge is 0.462 e. The molecule has 142 valence electrons. The molecule has 7 heteroatoms. The monoisotopic (exact) mass is 377 g/mol. The van der Waals surface area contributed by atoms with Crippen molar-refractivity contribution in [3.05, 3.63) is 59.7 Å². The van der Waals surface area contributed by atoms with E-state index in [0.29, 0.717) is 16.9 Å². The molecule has 1 atom stereocenters. The van der Waals surface area contributed by atoms with E-state index in [1.54, 1.807) is 55.5 Å². The molecule has 0 aliphatic carbocycles. The minimum Gasteiger partial charge on any atom is -0.462 e. The Morgan fingerprint density at radius 1 is 1.25 bits per heavy atom. The van der Waals surface area contributed by atoms with E-state index in [0.717, 1.165) is 0 Å². The Labute approximate surface area is 162 Å². The van der Waals surface area contributed by atoms with Gasteiger partial charge in [-0.05, 0) is 37.3 Å². The van der Waals surface area contributed by atoms with Gasteiger partial charge < -0.3 is 15.0 Å². The molecule has 0 bridgehead atoms. The molecular formula is C21H19N3O4. The zero-order valence-corrected chi connectivity index (χ0v) is 15.3. The van der Waals surface area contributed by atoms with E-state index in [1.807, 2.05) is 6.07 Å². The minimum atomic E-state index is -0.562. The summed E-state index contributed by atoms with van der Waals surface area (Å²) in [6.07, 6.45) is 0.0597. The lowest BCUT2D eigenvalue weighted by Crippen LogP contribution is -2.28. The number of ether oxygens (including phenoxy) is 1. The first-order valence-electron chi connectivity index (χ1n) is 8.91. The highest BCUT2D eigenvalue weighted by molar-refractivity contribution is 6.06. The van der Waals surface area contributed by atoms with Crippen LogP contribution >= 0.6 is 0 Å². The van der Waals surface area contributed by atoms with Gasteiger partial charge in [0, 0.05) is 18.7 Å². The van der Waals surface area contributed by atoms with Crippen LogP contribution in [0.15, 0.2) is 48.5 Å². The van der Waals surface area contributed by atoms with Crippen LogP contribution in [0.1, 0.15) is 29.3 Å². The van der Waals surface area contributed by atoms with Gasteiger partial charge in [-0.25, -0.2) is 4.79 Å². The Hall–Kier alpha value is -3.66. The van der Waals surface area contributed by atoms with E-state index < -0.39 is 11.9 Å². The van der Waals surface area contributed by atoms with Gasteiger partial charge in [0.2, 0.25) is 11.8 Å². The van der Waals surface area contributed by atoms with E-state index in [2.05, 4.69) is 5.32 Å². The lowest BCUT2D eigenvalue weighted by molar-refractivity contribution is -0.122. The van der Waals surface area contributed by atoms with Crippen molar-refractivity contribution in [2.75, 3.05) is 23.4 Å². The number of nitrogens with one attached hydrogen (secondary N) is 1. The number of nitriles is 1. The number of rotatable bonds is 5. The van der Waals surface area contributed by atoms with Crippen LogP contribution in [0.3, 0.4) is 0 Å². The number of anilines is 2. The number of esters is 1. The first kappa shape index (κ1) is 19.1. The number of para-hydroxylation sites is 1. The summed E-state index contributed by atoms with van der Waals surface area (Å²) in [5.41, 5.74) is 1.65. The number of hydrogen-bond donors (Lipinski definition) is 1. The van der Waals surface area contributed by atoms with Crippen LogP contribution in [0.2, 0.25) is 0 Å². The smallest absolute Gasteiger partial charge is 0.340 e. The molecule has 1 fully saturated rings.